The number of nitrogens with zero attached hydrogens (tertiary/aromatic N) is 3. The molecule has 3 fully saturated rings. The quantitative estimate of drug-likeness (QED) is 0.340. The molecule has 4 heterocycles. The summed E-state index contributed by atoms with van der Waals surface area (Å²) >= 11 is 0. The van der Waals surface area contributed by atoms with Crippen LogP contribution in [0.5, 0.6) is 0 Å². The number of carbonyl (C=O) groups excluding carboxylic acids is 2. The average Bonchev–Trinajstić information content (AvgIpc) is 3.48. The molecule has 5 rings (SSSR count). The number of unbranched alkanes of at least 4 members (excludes halogenated alkanes) is 1. The van der Waals surface area contributed by atoms with Crippen LogP contribution in [0.15, 0.2) is 30.7 Å². The minimum Gasteiger partial charge on any atom is -0.352 e. The Hall–Kier alpha value is -2.41. The third-order valence-electron chi connectivity index (χ3n) is 10.7. The molecule has 2 aliphatic heterocycles. The Morgan fingerprint density at radius 2 is 1.69 bits per heavy atom. The number of nitrogens with one attached hydrogen (secondary N) is 2. The van der Waals surface area contributed by atoms with Crippen LogP contribution in [0.25, 0.3) is 5.65 Å². The molecule has 7 nitrogen and oxygen atoms in total. The third-order valence-corrected chi connectivity index (χ3v) is 10.7. The number of carbonyl (C=O) groups is 2. The number of amides is 2. The molecule has 42 heavy (non-hydrogen) atoms. The van der Waals surface area contributed by atoms with Gasteiger partial charge in [-0.05, 0) is 74.8 Å². The van der Waals surface area contributed by atoms with Gasteiger partial charge in [-0.15, -0.1) is 0 Å². The zero-order valence-corrected chi connectivity index (χ0v) is 26.3. The number of piperidine rings is 2. The lowest BCUT2D eigenvalue weighted by Gasteiger charge is -2.51. The SMILES string of the molecule is CC(C)C1CCC(C(=O)N2CCC(CCCCNC(=O)c3ccc4nccn4c3)CC2)NC12CCCCCCCCC2. The molecular formula is C35H55N5O2. The van der Waals surface area contributed by atoms with E-state index in [0.717, 1.165) is 50.8 Å². The van der Waals surface area contributed by atoms with Crippen LogP contribution in [0.4, 0.5) is 0 Å². The lowest BCUT2D eigenvalue weighted by molar-refractivity contribution is -0.137. The molecule has 2 N–H and O–H groups in total. The first-order chi connectivity index (χ1) is 20.4. The lowest BCUT2D eigenvalue weighted by atomic mass is 9.65. The van der Waals surface area contributed by atoms with Crippen molar-refractivity contribution in [3.05, 3.63) is 36.3 Å². The van der Waals surface area contributed by atoms with Crippen LogP contribution in [-0.2, 0) is 4.79 Å². The molecule has 1 aliphatic carbocycles. The Morgan fingerprint density at radius 1 is 0.976 bits per heavy atom. The first-order valence-corrected chi connectivity index (χ1v) is 17.2. The number of imidazole rings is 1. The summed E-state index contributed by atoms with van der Waals surface area (Å²) in [4.78, 5) is 32.7. The molecule has 1 spiro atoms. The van der Waals surface area contributed by atoms with Crippen molar-refractivity contribution in [2.75, 3.05) is 19.6 Å². The molecule has 0 bridgehead atoms. The normalized spacial score (nSPS) is 24.2. The molecule has 0 radical (unpaired) electrons. The molecule has 7 heteroatoms. The molecule has 2 atom stereocenters. The van der Waals surface area contributed by atoms with E-state index >= 15 is 0 Å². The summed E-state index contributed by atoms with van der Waals surface area (Å²) in [7, 11) is 0. The van der Waals surface area contributed by atoms with Gasteiger partial charge in [0.05, 0.1) is 11.6 Å². The number of aromatic nitrogens is 2. The Morgan fingerprint density at radius 3 is 2.40 bits per heavy atom. The summed E-state index contributed by atoms with van der Waals surface area (Å²) in [5, 5.41) is 7.14. The minimum atomic E-state index is -0.0271. The molecular weight excluding hydrogens is 522 g/mol. The van der Waals surface area contributed by atoms with Crippen LogP contribution in [0.3, 0.4) is 0 Å². The third kappa shape index (κ3) is 7.75. The number of rotatable bonds is 8. The topological polar surface area (TPSA) is 78.7 Å². The second-order valence-corrected chi connectivity index (χ2v) is 13.9. The number of fused-ring (bicyclic) bond motifs is 1. The lowest BCUT2D eigenvalue weighted by Crippen LogP contribution is -2.64. The highest BCUT2D eigenvalue weighted by Gasteiger charge is 2.46. The molecule has 3 aliphatic rings. The predicted octanol–water partition coefficient (Wildman–Crippen LogP) is 6.76. The van der Waals surface area contributed by atoms with Gasteiger partial charge < -0.3 is 14.6 Å². The van der Waals surface area contributed by atoms with Crippen LogP contribution >= 0.6 is 0 Å². The first-order valence-electron chi connectivity index (χ1n) is 17.2. The fraction of sp³-hybridized carbons (Fsp3) is 0.743. The van der Waals surface area contributed by atoms with Crippen LogP contribution in [0, 0.1) is 17.8 Å². The molecule has 2 amide bonds. The first kappa shape index (κ1) is 31.0. The van der Waals surface area contributed by atoms with Crippen molar-refractivity contribution >= 4 is 17.5 Å². The summed E-state index contributed by atoms with van der Waals surface area (Å²) in [6, 6.07) is 3.70. The molecule has 2 unspecified atom stereocenters. The van der Waals surface area contributed by atoms with Gasteiger partial charge in [-0.1, -0.05) is 71.6 Å². The number of likely N-dealkylation sites (tertiary alicyclic amines) is 1. The van der Waals surface area contributed by atoms with Gasteiger partial charge >= 0.3 is 0 Å². The van der Waals surface area contributed by atoms with Gasteiger partial charge in [0.2, 0.25) is 5.91 Å². The van der Waals surface area contributed by atoms with E-state index in [2.05, 4.69) is 34.4 Å². The van der Waals surface area contributed by atoms with E-state index in [1.807, 2.05) is 28.9 Å². The van der Waals surface area contributed by atoms with Crippen LogP contribution < -0.4 is 10.6 Å². The zero-order chi connectivity index (χ0) is 29.4. The summed E-state index contributed by atoms with van der Waals surface area (Å²) < 4.78 is 1.87. The maximum atomic E-state index is 13.8. The van der Waals surface area contributed by atoms with Gasteiger partial charge in [-0.25, -0.2) is 4.98 Å². The van der Waals surface area contributed by atoms with Gasteiger partial charge in [0.15, 0.2) is 0 Å². The van der Waals surface area contributed by atoms with Crippen molar-refractivity contribution in [3.8, 4) is 0 Å². The maximum absolute atomic E-state index is 13.8. The van der Waals surface area contributed by atoms with E-state index < -0.39 is 0 Å². The predicted molar refractivity (Wildman–Crippen MR) is 169 cm³/mol. The van der Waals surface area contributed by atoms with Gasteiger partial charge in [0.25, 0.3) is 5.91 Å². The van der Waals surface area contributed by atoms with Crippen LogP contribution in [0.2, 0.25) is 0 Å². The second kappa shape index (κ2) is 14.9. The van der Waals surface area contributed by atoms with Crippen molar-refractivity contribution in [1.82, 2.24) is 24.9 Å². The van der Waals surface area contributed by atoms with E-state index in [9.17, 15) is 9.59 Å². The molecule has 1 saturated carbocycles. The molecule has 0 aromatic carbocycles. The summed E-state index contributed by atoms with van der Waals surface area (Å²) in [5.74, 6) is 2.36. The van der Waals surface area contributed by atoms with Crippen molar-refractivity contribution in [3.63, 3.8) is 0 Å². The monoisotopic (exact) mass is 577 g/mol. The van der Waals surface area contributed by atoms with E-state index in [4.69, 9.17) is 0 Å². The fourth-order valence-electron chi connectivity index (χ4n) is 8.29. The van der Waals surface area contributed by atoms with E-state index in [1.165, 1.54) is 70.6 Å². The average molecular weight is 578 g/mol. The van der Waals surface area contributed by atoms with Gasteiger partial charge in [-0.3, -0.25) is 14.9 Å². The highest BCUT2D eigenvalue weighted by Crippen LogP contribution is 2.42. The van der Waals surface area contributed by atoms with E-state index in [-0.39, 0.29) is 17.5 Å². The van der Waals surface area contributed by atoms with Crippen molar-refractivity contribution < 1.29 is 9.59 Å². The minimum absolute atomic E-state index is 0.00223. The van der Waals surface area contributed by atoms with Crippen LogP contribution in [-0.4, -0.2) is 57.3 Å². The number of hydrogen-bond acceptors (Lipinski definition) is 4. The van der Waals surface area contributed by atoms with Crippen LogP contribution in [0.1, 0.15) is 127 Å². The standard InChI is InChI=1S/C35H55N5O2/c1-27(2)30-14-15-31(38-35(30)19-9-6-4-3-5-7-10-20-35)34(42)39-23-17-28(18-24-39)12-8-11-21-37-33(41)29-13-16-32-36-22-25-40(32)26-29/h13,16,22,25-28,30-31,38H,3-12,14-15,17-21,23-24H2,1-2H3,(H,37,41). The summed E-state index contributed by atoms with van der Waals surface area (Å²) in [5.41, 5.74) is 1.65. The summed E-state index contributed by atoms with van der Waals surface area (Å²) in [6.07, 6.45) is 25.0. The fourth-order valence-corrected chi connectivity index (χ4v) is 8.29. The Kier molecular flexibility index (Phi) is 11.0. The van der Waals surface area contributed by atoms with Gasteiger partial charge in [-0.2, -0.15) is 0 Å². The molecule has 2 saturated heterocycles. The highest BCUT2D eigenvalue weighted by atomic mass is 16.2. The second-order valence-electron chi connectivity index (χ2n) is 13.9. The van der Waals surface area contributed by atoms with Crippen molar-refractivity contribution in [2.45, 2.75) is 128 Å². The Balaban J connectivity index is 1.04. The van der Waals surface area contributed by atoms with Gasteiger partial charge in [0.1, 0.15) is 5.65 Å². The number of hydrogen-bond donors (Lipinski definition) is 2. The largest absolute Gasteiger partial charge is 0.352 e. The van der Waals surface area contributed by atoms with Gasteiger partial charge in [0, 0.05) is 43.8 Å². The molecule has 232 valence electrons. The smallest absolute Gasteiger partial charge is 0.252 e. The Bertz CT molecular complexity index is 1140. The Labute approximate surface area is 253 Å². The highest BCUT2D eigenvalue weighted by molar-refractivity contribution is 5.94. The summed E-state index contributed by atoms with van der Waals surface area (Å²) in [6.45, 7) is 7.29. The number of pyridine rings is 1. The molecule has 2 aromatic rings. The zero-order valence-electron chi connectivity index (χ0n) is 26.3. The van der Waals surface area contributed by atoms with Crippen molar-refractivity contribution in [2.24, 2.45) is 17.8 Å². The van der Waals surface area contributed by atoms with E-state index in [1.54, 1.807) is 6.20 Å². The maximum Gasteiger partial charge on any atom is 0.252 e. The van der Waals surface area contributed by atoms with Crippen molar-refractivity contribution in [1.29, 1.82) is 0 Å². The molecule has 2 aromatic heterocycles. The van der Waals surface area contributed by atoms with E-state index in [0.29, 0.717) is 35.8 Å².